The Labute approximate surface area is 207 Å². The molecule has 1 saturated heterocycles. The number of amides is 1. The SMILES string of the molecule is COC[C@H]1CN(c2ccc(C3CCC(OC(c4ccccc4)c4ccccc4)CC3)cc2)C(=O)O1. The number of hydrogen-bond donors (Lipinski definition) is 0. The number of rotatable bonds is 8. The summed E-state index contributed by atoms with van der Waals surface area (Å²) in [6.07, 6.45) is 3.97. The van der Waals surface area contributed by atoms with E-state index >= 15 is 0 Å². The Morgan fingerprint density at radius 1 is 0.857 bits per heavy atom. The van der Waals surface area contributed by atoms with Crippen molar-refractivity contribution in [1.29, 1.82) is 0 Å². The van der Waals surface area contributed by atoms with E-state index in [1.54, 1.807) is 12.0 Å². The molecule has 3 aromatic carbocycles. The fraction of sp³-hybridized carbons (Fsp3) is 0.367. The summed E-state index contributed by atoms with van der Waals surface area (Å²) in [5, 5.41) is 0. The monoisotopic (exact) mass is 471 g/mol. The Bertz CT molecular complexity index is 1040. The zero-order valence-electron chi connectivity index (χ0n) is 20.2. The van der Waals surface area contributed by atoms with Gasteiger partial charge in [0.25, 0.3) is 0 Å². The largest absolute Gasteiger partial charge is 0.441 e. The first-order valence-corrected chi connectivity index (χ1v) is 12.5. The molecule has 1 aliphatic heterocycles. The van der Waals surface area contributed by atoms with Gasteiger partial charge in [0.15, 0.2) is 0 Å². The van der Waals surface area contributed by atoms with E-state index in [2.05, 4.69) is 60.7 Å². The molecule has 5 rings (SSSR count). The second kappa shape index (κ2) is 11.1. The highest BCUT2D eigenvalue weighted by Gasteiger charge is 2.32. The molecule has 1 saturated carbocycles. The van der Waals surface area contributed by atoms with Crippen LogP contribution in [0.15, 0.2) is 84.9 Å². The smallest absolute Gasteiger partial charge is 0.414 e. The Morgan fingerprint density at radius 2 is 1.46 bits per heavy atom. The molecule has 0 radical (unpaired) electrons. The minimum atomic E-state index is -0.302. The van der Waals surface area contributed by atoms with Gasteiger partial charge in [-0.2, -0.15) is 0 Å². The Kier molecular flexibility index (Phi) is 7.45. The van der Waals surface area contributed by atoms with Crippen LogP contribution in [-0.4, -0.2) is 38.6 Å². The number of nitrogens with zero attached hydrogens (tertiary/aromatic N) is 1. The molecule has 1 aliphatic carbocycles. The van der Waals surface area contributed by atoms with Crippen molar-refractivity contribution >= 4 is 11.8 Å². The van der Waals surface area contributed by atoms with Crippen molar-refractivity contribution in [2.45, 2.75) is 49.9 Å². The van der Waals surface area contributed by atoms with E-state index in [4.69, 9.17) is 14.2 Å². The molecule has 2 aliphatic rings. The van der Waals surface area contributed by atoms with Gasteiger partial charge in [0.2, 0.25) is 0 Å². The lowest BCUT2D eigenvalue weighted by molar-refractivity contribution is -0.0147. The third kappa shape index (κ3) is 5.58. The number of hydrogen-bond acceptors (Lipinski definition) is 4. The Balaban J connectivity index is 1.20. The van der Waals surface area contributed by atoms with E-state index in [1.165, 1.54) is 16.7 Å². The lowest BCUT2D eigenvalue weighted by Gasteiger charge is -2.32. The predicted octanol–water partition coefficient (Wildman–Crippen LogP) is 6.49. The highest BCUT2D eigenvalue weighted by Crippen LogP contribution is 2.38. The number of cyclic esters (lactones) is 1. The van der Waals surface area contributed by atoms with Crippen molar-refractivity contribution in [2.24, 2.45) is 0 Å². The molecule has 1 heterocycles. The van der Waals surface area contributed by atoms with Gasteiger partial charge < -0.3 is 14.2 Å². The van der Waals surface area contributed by atoms with Crippen LogP contribution in [0.2, 0.25) is 0 Å². The molecule has 0 spiro atoms. The summed E-state index contributed by atoms with van der Waals surface area (Å²) in [7, 11) is 1.62. The summed E-state index contributed by atoms with van der Waals surface area (Å²) in [4.78, 5) is 13.9. The lowest BCUT2D eigenvalue weighted by Crippen LogP contribution is -2.26. The van der Waals surface area contributed by atoms with Gasteiger partial charge in [-0.05, 0) is 60.4 Å². The van der Waals surface area contributed by atoms with Gasteiger partial charge in [-0.25, -0.2) is 4.79 Å². The molecule has 3 aromatic rings. The second-order valence-electron chi connectivity index (χ2n) is 9.47. The average molecular weight is 472 g/mol. The molecule has 0 aromatic heterocycles. The van der Waals surface area contributed by atoms with Crippen LogP contribution in [0, 0.1) is 0 Å². The molecule has 1 atom stereocenters. The molecule has 182 valence electrons. The van der Waals surface area contributed by atoms with Crippen LogP contribution in [0.5, 0.6) is 0 Å². The first-order valence-electron chi connectivity index (χ1n) is 12.5. The van der Waals surface area contributed by atoms with Crippen LogP contribution in [0.25, 0.3) is 0 Å². The van der Waals surface area contributed by atoms with E-state index in [9.17, 15) is 4.79 Å². The number of ether oxygens (including phenoxy) is 3. The fourth-order valence-electron chi connectivity index (χ4n) is 5.26. The van der Waals surface area contributed by atoms with Crippen molar-refractivity contribution < 1.29 is 19.0 Å². The van der Waals surface area contributed by atoms with E-state index in [0.717, 1.165) is 31.4 Å². The normalized spacial score (nSPS) is 22.4. The minimum Gasteiger partial charge on any atom is -0.441 e. The summed E-state index contributed by atoms with van der Waals surface area (Å²) < 4.78 is 17.2. The third-order valence-electron chi connectivity index (χ3n) is 7.11. The molecule has 2 fully saturated rings. The zero-order valence-corrected chi connectivity index (χ0v) is 20.2. The van der Waals surface area contributed by atoms with Gasteiger partial charge in [0.1, 0.15) is 12.2 Å². The van der Waals surface area contributed by atoms with Crippen LogP contribution in [0.4, 0.5) is 10.5 Å². The van der Waals surface area contributed by atoms with E-state index < -0.39 is 0 Å². The number of methoxy groups -OCH3 is 1. The van der Waals surface area contributed by atoms with Crippen LogP contribution in [0.3, 0.4) is 0 Å². The molecule has 0 bridgehead atoms. The molecule has 0 unspecified atom stereocenters. The number of anilines is 1. The maximum atomic E-state index is 12.2. The quantitative estimate of drug-likeness (QED) is 0.377. The molecule has 35 heavy (non-hydrogen) atoms. The summed E-state index contributed by atoms with van der Waals surface area (Å²) in [5.41, 5.74) is 4.60. The maximum Gasteiger partial charge on any atom is 0.414 e. The van der Waals surface area contributed by atoms with Crippen LogP contribution >= 0.6 is 0 Å². The Morgan fingerprint density at radius 3 is 2.03 bits per heavy atom. The van der Waals surface area contributed by atoms with Gasteiger partial charge >= 0.3 is 6.09 Å². The van der Waals surface area contributed by atoms with E-state index in [1.807, 2.05) is 24.3 Å². The maximum absolute atomic E-state index is 12.2. The summed E-state index contributed by atoms with van der Waals surface area (Å²) >= 11 is 0. The standard InChI is InChI=1S/C30H33NO4/c1-33-21-28-20-31(30(32)35-28)26-16-12-22(13-17-26)23-14-18-27(19-15-23)34-29(24-8-4-2-5-9-24)25-10-6-3-7-11-25/h2-13,16-17,23,27-29H,14-15,18-21H2,1H3/t23?,27?,28-/m1/s1. The van der Waals surface area contributed by atoms with Crippen LogP contribution in [-0.2, 0) is 14.2 Å². The van der Waals surface area contributed by atoms with Crippen LogP contribution < -0.4 is 4.90 Å². The summed E-state index contributed by atoms with van der Waals surface area (Å²) in [5.74, 6) is 0.516. The van der Waals surface area contributed by atoms with Crippen molar-refractivity contribution in [3.63, 3.8) is 0 Å². The van der Waals surface area contributed by atoms with Crippen molar-refractivity contribution in [3.05, 3.63) is 102 Å². The molecule has 5 nitrogen and oxygen atoms in total. The van der Waals surface area contributed by atoms with Gasteiger partial charge in [0.05, 0.1) is 19.3 Å². The number of benzene rings is 3. The molecular formula is C30H33NO4. The van der Waals surface area contributed by atoms with Gasteiger partial charge in [-0.3, -0.25) is 4.90 Å². The Hall–Kier alpha value is -3.15. The first kappa shape index (κ1) is 23.6. The second-order valence-corrected chi connectivity index (χ2v) is 9.47. The van der Waals surface area contributed by atoms with Crippen molar-refractivity contribution in [1.82, 2.24) is 0 Å². The highest BCUT2D eigenvalue weighted by atomic mass is 16.6. The third-order valence-corrected chi connectivity index (χ3v) is 7.11. The van der Waals surface area contributed by atoms with Crippen molar-refractivity contribution in [2.75, 3.05) is 25.2 Å². The molecule has 5 heteroatoms. The highest BCUT2D eigenvalue weighted by molar-refractivity contribution is 5.89. The average Bonchev–Trinajstić information content (AvgIpc) is 3.29. The lowest BCUT2D eigenvalue weighted by atomic mass is 9.82. The molecule has 1 amide bonds. The zero-order chi connectivity index (χ0) is 24.0. The van der Waals surface area contributed by atoms with E-state index in [0.29, 0.717) is 19.1 Å². The van der Waals surface area contributed by atoms with E-state index in [-0.39, 0.29) is 24.4 Å². The summed E-state index contributed by atoms with van der Waals surface area (Å²) in [6, 6.07) is 29.4. The van der Waals surface area contributed by atoms with Crippen LogP contribution in [0.1, 0.15) is 54.4 Å². The minimum absolute atomic E-state index is 0.0413. The first-order chi connectivity index (χ1) is 17.2. The van der Waals surface area contributed by atoms with Crippen molar-refractivity contribution in [3.8, 4) is 0 Å². The van der Waals surface area contributed by atoms with Gasteiger partial charge in [-0.1, -0.05) is 72.8 Å². The number of carbonyl (C=O) groups excluding carboxylic acids is 1. The number of carbonyl (C=O) groups is 1. The molecule has 0 N–H and O–H groups in total. The van der Waals surface area contributed by atoms with Gasteiger partial charge in [-0.15, -0.1) is 0 Å². The topological polar surface area (TPSA) is 48.0 Å². The van der Waals surface area contributed by atoms with Gasteiger partial charge in [0, 0.05) is 12.8 Å². The summed E-state index contributed by atoms with van der Waals surface area (Å²) in [6.45, 7) is 0.944. The fourth-order valence-corrected chi connectivity index (χ4v) is 5.26. The predicted molar refractivity (Wildman–Crippen MR) is 137 cm³/mol. The molecular weight excluding hydrogens is 438 g/mol.